The molecular weight excluding hydrogens is 255 g/mol. The Morgan fingerprint density at radius 2 is 2.06 bits per heavy atom. The first kappa shape index (κ1) is 13.5. The second kappa shape index (κ2) is 4.98. The van der Waals surface area contributed by atoms with Crippen molar-refractivity contribution < 1.29 is 14.3 Å². The summed E-state index contributed by atoms with van der Waals surface area (Å²) in [5, 5.41) is 10.6. The van der Waals surface area contributed by atoms with Crippen molar-refractivity contribution in [1.82, 2.24) is 0 Å². The maximum Gasteiger partial charge on any atom is 0.197 e. The fourth-order valence-corrected chi connectivity index (χ4v) is 2.55. The van der Waals surface area contributed by atoms with E-state index in [9.17, 15) is 14.3 Å². The van der Waals surface area contributed by atoms with E-state index >= 15 is 0 Å². The van der Waals surface area contributed by atoms with Crippen molar-refractivity contribution >= 4 is 17.4 Å². The summed E-state index contributed by atoms with van der Waals surface area (Å²) < 4.78 is 13.7. The summed E-state index contributed by atoms with van der Waals surface area (Å²) in [6.07, 6.45) is 2.37. The molecular formula is C14H16ClFO2. The number of halogens is 2. The van der Waals surface area contributed by atoms with E-state index in [2.05, 4.69) is 6.92 Å². The van der Waals surface area contributed by atoms with Crippen molar-refractivity contribution in [2.24, 2.45) is 5.92 Å². The van der Waals surface area contributed by atoms with Gasteiger partial charge in [0.1, 0.15) is 11.4 Å². The second-order valence-corrected chi connectivity index (χ2v) is 5.60. The summed E-state index contributed by atoms with van der Waals surface area (Å²) in [6.45, 7) is 2.09. The van der Waals surface area contributed by atoms with Crippen LogP contribution in [0.2, 0.25) is 5.02 Å². The molecule has 0 spiro atoms. The van der Waals surface area contributed by atoms with Gasteiger partial charge in [-0.3, -0.25) is 4.79 Å². The summed E-state index contributed by atoms with van der Waals surface area (Å²) in [5.74, 6) is -0.684. The lowest BCUT2D eigenvalue weighted by molar-refractivity contribution is 0.00392. The SMILES string of the molecule is CC1CCC(O)(C(=O)c2ccc(Cl)cc2F)CC1. The van der Waals surface area contributed by atoms with Crippen molar-refractivity contribution in [1.29, 1.82) is 0 Å². The third-order valence-electron chi connectivity index (χ3n) is 3.70. The van der Waals surface area contributed by atoms with Crippen LogP contribution in [0.4, 0.5) is 4.39 Å². The normalized spacial score (nSPS) is 28.1. The van der Waals surface area contributed by atoms with E-state index < -0.39 is 17.2 Å². The minimum absolute atomic E-state index is 0.0727. The summed E-state index contributed by atoms with van der Waals surface area (Å²) in [6, 6.07) is 3.91. The molecule has 0 amide bonds. The molecule has 0 heterocycles. The number of rotatable bonds is 2. The van der Waals surface area contributed by atoms with Gasteiger partial charge in [0.2, 0.25) is 0 Å². The predicted molar refractivity (Wildman–Crippen MR) is 68.3 cm³/mol. The highest BCUT2D eigenvalue weighted by molar-refractivity contribution is 6.30. The van der Waals surface area contributed by atoms with Gasteiger partial charge in [0.05, 0.1) is 5.56 Å². The van der Waals surface area contributed by atoms with E-state index in [1.807, 2.05) is 0 Å². The highest BCUT2D eigenvalue weighted by atomic mass is 35.5. The van der Waals surface area contributed by atoms with Crippen molar-refractivity contribution in [3.63, 3.8) is 0 Å². The number of carbonyl (C=O) groups is 1. The van der Waals surface area contributed by atoms with Gasteiger partial charge in [-0.05, 0) is 49.8 Å². The summed E-state index contributed by atoms with van der Waals surface area (Å²) in [4.78, 5) is 12.2. The highest BCUT2D eigenvalue weighted by Gasteiger charge is 2.40. The molecule has 1 aromatic carbocycles. The topological polar surface area (TPSA) is 37.3 Å². The van der Waals surface area contributed by atoms with Crippen molar-refractivity contribution in [2.45, 2.75) is 38.2 Å². The molecule has 2 rings (SSSR count). The zero-order chi connectivity index (χ0) is 13.3. The fourth-order valence-electron chi connectivity index (χ4n) is 2.39. The van der Waals surface area contributed by atoms with Crippen molar-refractivity contribution in [2.75, 3.05) is 0 Å². The van der Waals surface area contributed by atoms with Crippen LogP contribution in [-0.2, 0) is 0 Å². The van der Waals surface area contributed by atoms with Gasteiger partial charge in [0, 0.05) is 5.02 Å². The van der Waals surface area contributed by atoms with Crippen molar-refractivity contribution in [3.05, 3.63) is 34.6 Å². The molecule has 0 atom stereocenters. The van der Waals surface area contributed by atoms with E-state index in [0.717, 1.165) is 18.9 Å². The maximum atomic E-state index is 13.7. The van der Waals surface area contributed by atoms with Crippen LogP contribution in [0.1, 0.15) is 43.0 Å². The fraction of sp³-hybridized carbons (Fsp3) is 0.500. The van der Waals surface area contributed by atoms with Crippen LogP contribution in [-0.4, -0.2) is 16.5 Å². The minimum Gasteiger partial charge on any atom is -0.382 e. The molecule has 1 aliphatic carbocycles. The Balaban J connectivity index is 2.25. The summed E-state index contributed by atoms with van der Waals surface area (Å²) in [5.41, 5.74) is -1.49. The molecule has 1 N–H and O–H groups in total. The zero-order valence-corrected chi connectivity index (χ0v) is 11.0. The van der Waals surface area contributed by atoms with E-state index in [1.54, 1.807) is 0 Å². The van der Waals surface area contributed by atoms with Crippen LogP contribution in [0.3, 0.4) is 0 Å². The molecule has 1 saturated carbocycles. The van der Waals surface area contributed by atoms with E-state index in [1.165, 1.54) is 12.1 Å². The van der Waals surface area contributed by atoms with Gasteiger partial charge in [-0.2, -0.15) is 0 Å². The number of Topliss-reactive ketones (excluding diaryl/α,β-unsaturated/α-hetero) is 1. The quantitative estimate of drug-likeness (QED) is 0.834. The first-order valence-corrected chi connectivity index (χ1v) is 6.52. The first-order chi connectivity index (χ1) is 8.42. The molecule has 98 valence electrons. The molecule has 1 fully saturated rings. The molecule has 0 aliphatic heterocycles. The monoisotopic (exact) mass is 270 g/mol. The lowest BCUT2D eigenvalue weighted by atomic mass is 9.76. The predicted octanol–water partition coefficient (Wildman–Crippen LogP) is 3.60. The van der Waals surface area contributed by atoms with Crippen LogP contribution in [0, 0.1) is 11.7 Å². The van der Waals surface area contributed by atoms with Crippen molar-refractivity contribution in [3.8, 4) is 0 Å². The van der Waals surface area contributed by atoms with Gasteiger partial charge in [-0.25, -0.2) is 4.39 Å². The van der Waals surface area contributed by atoms with E-state index in [0.29, 0.717) is 18.8 Å². The number of benzene rings is 1. The maximum absolute atomic E-state index is 13.7. The average Bonchev–Trinajstić information content (AvgIpc) is 2.32. The van der Waals surface area contributed by atoms with Crippen LogP contribution in [0.15, 0.2) is 18.2 Å². The largest absolute Gasteiger partial charge is 0.382 e. The molecule has 0 aromatic heterocycles. The lowest BCUT2D eigenvalue weighted by Crippen LogP contribution is -2.42. The molecule has 1 aliphatic rings. The van der Waals surface area contributed by atoms with Crippen LogP contribution < -0.4 is 0 Å². The van der Waals surface area contributed by atoms with Crippen LogP contribution in [0.5, 0.6) is 0 Å². The number of ketones is 1. The second-order valence-electron chi connectivity index (χ2n) is 5.17. The number of hydrogen-bond donors (Lipinski definition) is 1. The molecule has 4 heteroatoms. The Morgan fingerprint density at radius 3 is 2.61 bits per heavy atom. The summed E-state index contributed by atoms with van der Waals surface area (Å²) >= 11 is 5.65. The highest BCUT2D eigenvalue weighted by Crippen LogP contribution is 2.34. The number of hydrogen-bond acceptors (Lipinski definition) is 2. The lowest BCUT2D eigenvalue weighted by Gasteiger charge is -2.33. The Labute approximate surface area is 111 Å². The molecule has 0 bridgehead atoms. The Hall–Kier alpha value is -0.930. The molecule has 0 unspecified atom stereocenters. The molecule has 0 radical (unpaired) electrons. The van der Waals surface area contributed by atoms with E-state index in [4.69, 9.17) is 11.6 Å². The van der Waals surface area contributed by atoms with Crippen LogP contribution >= 0.6 is 11.6 Å². The van der Waals surface area contributed by atoms with Gasteiger partial charge in [0.25, 0.3) is 0 Å². The number of aliphatic hydroxyl groups is 1. The Kier molecular flexibility index (Phi) is 3.74. The van der Waals surface area contributed by atoms with Gasteiger partial charge < -0.3 is 5.11 Å². The smallest absolute Gasteiger partial charge is 0.197 e. The standard InChI is InChI=1S/C14H16ClFO2/c1-9-4-6-14(18,7-5-9)13(17)11-3-2-10(15)8-12(11)16/h2-3,8-9,18H,4-7H2,1H3. The summed E-state index contributed by atoms with van der Waals surface area (Å²) in [7, 11) is 0. The third kappa shape index (κ3) is 2.57. The van der Waals surface area contributed by atoms with Gasteiger partial charge in [0.15, 0.2) is 5.78 Å². The average molecular weight is 271 g/mol. The van der Waals surface area contributed by atoms with Gasteiger partial charge in [-0.1, -0.05) is 18.5 Å². The third-order valence-corrected chi connectivity index (χ3v) is 3.93. The van der Waals surface area contributed by atoms with Gasteiger partial charge >= 0.3 is 0 Å². The molecule has 18 heavy (non-hydrogen) atoms. The molecule has 2 nitrogen and oxygen atoms in total. The Morgan fingerprint density at radius 1 is 1.44 bits per heavy atom. The first-order valence-electron chi connectivity index (χ1n) is 6.14. The molecule has 0 saturated heterocycles. The Bertz CT molecular complexity index is 465. The van der Waals surface area contributed by atoms with Crippen LogP contribution in [0.25, 0.3) is 0 Å². The van der Waals surface area contributed by atoms with Gasteiger partial charge in [-0.15, -0.1) is 0 Å². The zero-order valence-electron chi connectivity index (χ0n) is 10.2. The van der Waals surface area contributed by atoms with E-state index in [-0.39, 0.29) is 10.6 Å². The number of carbonyl (C=O) groups excluding carboxylic acids is 1. The molecule has 1 aromatic rings. The minimum atomic E-state index is -1.42.